The summed E-state index contributed by atoms with van der Waals surface area (Å²) in [6, 6.07) is 10.2. The summed E-state index contributed by atoms with van der Waals surface area (Å²) >= 11 is 0. The summed E-state index contributed by atoms with van der Waals surface area (Å²) in [5.41, 5.74) is 6.43. The van der Waals surface area contributed by atoms with Gasteiger partial charge in [0.15, 0.2) is 0 Å². The Morgan fingerprint density at radius 2 is 2.17 bits per heavy atom. The van der Waals surface area contributed by atoms with Gasteiger partial charge in [-0.15, -0.1) is 0 Å². The predicted molar refractivity (Wildman–Crippen MR) is 68.2 cm³/mol. The molecule has 0 bridgehead atoms. The highest BCUT2D eigenvalue weighted by atomic mass is 16.3. The number of anilines is 1. The zero-order valence-corrected chi connectivity index (χ0v) is 9.63. The van der Waals surface area contributed by atoms with Gasteiger partial charge in [0, 0.05) is 12.7 Å². The number of amides is 1. The molecule has 0 aliphatic carbocycles. The molecule has 1 aromatic heterocycles. The Balaban J connectivity index is 2.00. The lowest BCUT2D eigenvalue weighted by Gasteiger charge is -2.06. The van der Waals surface area contributed by atoms with E-state index in [9.17, 15) is 9.90 Å². The summed E-state index contributed by atoms with van der Waals surface area (Å²) in [7, 11) is 0. The van der Waals surface area contributed by atoms with E-state index in [1.54, 1.807) is 30.3 Å². The highest BCUT2D eigenvalue weighted by Crippen LogP contribution is 2.12. The lowest BCUT2D eigenvalue weighted by Crippen LogP contribution is -2.11. The summed E-state index contributed by atoms with van der Waals surface area (Å²) < 4.78 is 0. The molecular weight excluding hydrogens is 230 g/mol. The zero-order chi connectivity index (χ0) is 13.0. The van der Waals surface area contributed by atoms with Gasteiger partial charge >= 0.3 is 0 Å². The van der Waals surface area contributed by atoms with Crippen molar-refractivity contribution in [2.45, 2.75) is 6.54 Å². The Morgan fingerprint density at radius 1 is 1.33 bits per heavy atom. The van der Waals surface area contributed by atoms with Crippen molar-refractivity contribution in [3.05, 3.63) is 53.7 Å². The second kappa shape index (κ2) is 5.18. The van der Waals surface area contributed by atoms with Crippen LogP contribution in [0.2, 0.25) is 0 Å². The van der Waals surface area contributed by atoms with Gasteiger partial charge in [-0.3, -0.25) is 4.79 Å². The van der Waals surface area contributed by atoms with Gasteiger partial charge in [-0.1, -0.05) is 12.1 Å². The molecule has 5 heteroatoms. The number of aromatic hydroxyl groups is 1. The highest BCUT2D eigenvalue weighted by molar-refractivity contribution is 5.92. The third kappa shape index (κ3) is 2.98. The number of carbonyl (C=O) groups excluding carboxylic acids is 1. The Hall–Kier alpha value is -2.56. The van der Waals surface area contributed by atoms with Crippen molar-refractivity contribution in [1.82, 2.24) is 4.98 Å². The maximum absolute atomic E-state index is 10.9. The van der Waals surface area contributed by atoms with Crippen LogP contribution in [0.5, 0.6) is 5.75 Å². The van der Waals surface area contributed by atoms with Crippen LogP contribution in [0, 0.1) is 0 Å². The fourth-order valence-electron chi connectivity index (χ4n) is 1.50. The molecule has 4 N–H and O–H groups in total. The van der Waals surface area contributed by atoms with Gasteiger partial charge in [0.05, 0.1) is 5.56 Å². The Kier molecular flexibility index (Phi) is 3.43. The first-order chi connectivity index (χ1) is 8.65. The van der Waals surface area contributed by atoms with Crippen LogP contribution in [0.4, 0.5) is 5.82 Å². The van der Waals surface area contributed by atoms with Crippen LogP contribution in [-0.2, 0) is 6.54 Å². The van der Waals surface area contributed by atoms with E-state index in [0.29, 0.717) is 17.9 Å². The molecule has 5 nitrogen and oxygen atoms in total. The lowest BCUT2D eigenvalue weighted by atomic mass is 10.2. The normalized spacial score (nSPS) is 10.0. The highest BCUT2D eigenvalue weighted by Gasteiger charge is 2.01. The molecule has 2 rings (SSSR count). The van der Waals surface area contributed by atoms with E-state index in [-0.39, 0.29) is 5.75 Å². The van der Waals surface area contributed by atoms with Crippen molar-refractivity contribution in [2.75, 3.05) is 5.32 Å². The molecule has 1 aromatic carbocycles. The average molecular weight is 243 g/mol. The number of phenols is 1. The van der Waals surface area contributed by atoms with E-state index in [2.05, 4.69) is 10.3 Å². The number of hydrogen-bond acceptors (Lipinski definition) is 4. The quantitative estimate of drug-likeness (QED) is 0.759. The minimum absolute atomic E-state index is 0.228. The minimum Gasteiger partial charge on any atom is -0.508 e. The Labute approximate surface area is 104 Å². The molecule has 0 spiro atoms. The van der Waals surface area contributed by atoms with E-state index >= 15 is 0 Å². The molecule has 1 amide bonds. The van der Waals surface area contributed by atoms with Crippen LogP contribution in [-0.4, -0.2) is 16.0 Å². The number of rotatable bonds is 4. The van der Waals surface area contributed by atoms with Crippen LogP contribution in [0.3, 0.4) is 0 Å². The molecule has 0 atom stereocenters. The van der Waals surface area contributed by atoms with E-state index in [0.717, 1.165) is 5.56 Å². The largest absolute Gasteiger partial charge is 0.508 e. The van der Waals surface area contributed by atoms with Gasteiger partial charge in [-0.2, -0.15) is 0 Å². The molecule has 0 saturated carbocycles. The SMILES string of the molecule is NC(=O)c1ccc(NCc2cccc(O)c2)nc1. The van der Waals surface area contributed by atoms with Crippen LogP contribution in [0.25, 0.3) is 0 Å². The first-order valence-electron chi connectivity index (χ1n) is 5.43. The number of hydrogen-bond donors (Lipinski definition) is 3. The number of nitrogens with one attached hydrogen (secondary N) is 1. The molecule has 0 saturated heterocycles. The fourth-order valence-corrected chi connectivity index (χ4v) is 1.50. The van der Waals surface area contributed by atoms with Gasteiger partial charge in [0.25, 0.3) is 0 Å². The summed E-state index contributed by atoms with van der Waals surface area (Å²) in [4.78, 5) is 14.9. The second-order valence-corrected chi connectivity index (χ2v) is 3.82. The van der Waals surface area contributed by atoms with Crippen LogP contribution >= 0.6 is 0 Å². The molecule has 92 valence electrons. The van der Waals surface area contributed by atoms with Crippen molar-refractivity contribution in [1.29, 1.82) is 0 Å². The van der Waals surface area contributed by atoms with Crippen LogP contribution in [0.1, 0.15) is 15.9 Å². The van der Waals surface area contributed by atoms with Crippen molar-refractivity contribution in [2.24, 2.45) is 5.73 Å². The smallest absolute Gasteiger partial charge is 0.250 e. The van der Waals surface area contributed by atoms with E-state index in [1.807, 2.05) is 6.07 Å². The van der Waals surface area contributed by atoms with Crippen molar-refractivity contribution >= 4 is 11.7 Å². The van der Waals surface area contributed by atoms with E-state index in [4.69, 9.17) is 5.73 Å². The average Bonchev–Trinajstić information content (AvgIpc) is 2.37. The van der Waals surface area contributed by atoms with Crippen molar-refractivity contribution < 1.29 is 9.90 Å². The summed E-state index contributed by atoms with van der Waals surface area (Å²) in [5.74, 6) is 0.372. The van der Waals surface area contributed by atoms with Crippen molar-refractivity contribution in [3.63, 3.8) is 0 Å². The molecule has 0 unspecified atom stereocenters. The second-order valence-electron chi connectivity index (χ2n) is 3.82. The number of aromatic nitrogens is 1. The maximum Gasteiger partial charge on any atom is 0.250 e. The molecule has 1 heterocycles. The summed E-state index contributed by atoms with van der Waals surface area (Å²) in [6.07, 6.45) is 1.42. The number of nitrogens with two attached hydrogens (primary N) is 1. The number of benzene rings is 1. The minimum atomic E-state index is -0.498. The van der Waals surface area contributed by atoms with E-state index in [1.165, 1.54) is 6.20 Å². The topological polar surface area (TPSA) is 88.2 Å². The first kappa shape index (κ1) is 11.9. The lowest BCUT2D eigenvalue weighted by molar-refractivity contribution is 0.1000. The van der Waals surface area contributed by atoms with Gasteiger partial charge in [-0.25, -0.2) is 4.98 Å². The molecule has 0 fully saturated rings. The standard InChI is InChI=1S/C13H13N3O2/c14-13(18)10-4-5-12(16-8-10)15-7-9-2-1-3-11(17)6-9/h1-6,8,17H,7H2,(H2,14,18)(H,15,16). The van der Waals surface area contributed by atoms with Crippen LogP contribution < -0.4 is 11.1 Å². The van der Waals surface area contributed by atoms with Gasteiger partial charge < -0.3 is 16.2 Å². The third-order valence-electron chi connectivity index (χ3n) is 2.43. The Morgan fingerprint density at radius 3 is 2.78 bits per heavy atom. The van der Waals surface area contributed by atoms with E-state index < -0.39 is 5.91 Å². The monoisotopic (exact) mass is 243 g/mol. The number of nitrogens with zero attached hydrogens (tertiary/aromatic N) is 1. The first-order valence-corrected chi connectivity index (χ1v) is 5.43. The number of primary amides is 1. The zero-order valence-electron chi connectivity index (χ0n) is 9.63. The Bertz CT molecular complexity index is 552. The van der Waals surface area contributed by atoms with Gasteiger partial charge in [0.2, 0.25) is 5.91 Å². The maximum atomic E-state index is 10.9. The number of pyridine rings is 1. The number of carbonyl (C=O) groups is 1. The van der Waals surface area contributed by atoms with Crippen LogP contribution in [0.15, 0.2) is 42.6 Å². The van der Waals surface area contributed by atoms with Gasteiger partial charge in [-0.05, 0) is 29.8 Å². The number of phenolic OH excluding ortho intramolecular Hbond substituents is 1. The summed E-state index contributed by atoms with van der Waals surface area (Å²) in [6.45, 7) is 0.539. The molecule has 0 aliphatic rings. The molecule has 18 heavy (non-hydrogen) atoms. The molecular formula is C13H13N3O2. The predicted octanol–water partition coefficient (Wildman–Crippen LogP) is 1.50. The summed E-state index contributed by atoms with van der Waals surface area (Å²) in [5, 5.41) is 12.4. The fraction of sp³-hybridized carbons (Fsp3) is 0.0769. The molecule has 0 aliphatic heterocycles. The molecule has 2 aromatic rings. The van der Waals surface area contributed by atoms with Gasteiger partial charge in [0.1, 0.15) is 11.6 Å². The third-order valence-corrected chi connectivity index (χ3v) is 2.43. The van der Waals surface area contributed by atoms with Crippen molar-refractivity contribution in [3.8, 4) is 5.75 Å². The molecule has 0 radical (unpaired) electrons.